The molecule has 0 spiro atoms. The van der Waals surface area contributed by atoms with Crippen molar-refractivity contribution in [3.63, 3.8) is 0 Å². The van der Waals surface area contributed by atoms with Gasteiger partial charge in [-0.2, -0.15) is 0 Å². The highest BCUT2D eigenvalue weighted by atomic mass is 16.3. The summed E-state index contributed by atoms with van der Waals surface area (Å²) in [6.07, 6.45) is 5.18. The molecule has 45 heavy (non-hydrogen) atoms. The van der Waals surface area contributed by atoms with Crippen LogP contribution in [0.4, 0.5) is 17.1 Å². The van der Waals surface area contributed by atoms with Gasteiger partial charge in [-0.15, -0.1) is 0 Å². The van der Waals surface area contributed by atoms with E-state index in [0.717, 1.165) is 34.9 Å². The van der Waals surface area contributed by atoms with E-state index in [9.17, 15) is 24.6 Å². The van der Waals surface area contributed by atoms with E-state index in [-0.39, 0.29) is 37.4 Å². The summed E-state index contributed by atoms with van der Waals surface area (Å²) >= 11 is 0. The summed E-state index contributed by atoms with van der Waals surface area (Å²) in [6, 6.07) is 26.3. The van der Waals surface area contributed by atoms with E-state index in [1.54, 1.807) is 39.8 Å². The maximum absolute atomic E-state index is 14.2. The molecule has 3 aliphatic heterocycles. The summed E-state index contributed by atoms with van der Waals surface area (Å²) in [4.78, 5) is 45.8. The maximum atomic E-state index is 14.2. The molecule has 3 amide bonds. The maximum Gasteiger partial charge on any atom is 0.264 e. The molecule has 3 atom stereocenters. The normalized spacial score (nSPS) is 21.4. The summed E-state index contributed by atoms with van der Waals surface area (Å²) in [6.45, 7) is 2.60. The van der Waals surface area contributed by atoms with Gasteiger partial charge in [-0.1, -0.05) is 73.7 Å². The number of carbonyl (C=O) groups excluding carboxylic acids is 3. The average Bonchev–Trinajstić information content (AvgIpc) is 3.72. The molecule has 0 unspecified atom stereocenters. The molecule has 4 aromatic carbocycles. The first kappa shape index (κ1) is 29.0. The Balaban J connectivity index is 1.25. The third kappa shape index (κ3) is 4.64. The van der Waals surface area contributed by atoms with Gasteiger partial charge in [0.2, 0.25) is 5.91 Å². The van der Waals surface area contributed by atoms with Crippen molar-refractivity contribution >= 4 is 45.6 Å². The SMILES string of the molecule is C[C@@H](/C=C/CC(=O)N1CCC[C@H]1CO)[C@]1(O)C(=O)N(Cc2ccccc2)c2ccc(N3C(=O)c4cccc5cccc3c45)cc21. The number of nitrogens with zero attached hydrogens (tertiary/aromatic N) is 3. The van der Waals surface area contributed by atoms with Crippen molar-refractivity contribution in [2.24, 2.45) is 5.92 Å². The third-order valence-corrected chi connectivity index (χ3v) is 9.54. The zero-order chi connectivity index (χ0) is 31.3. The van der Waals surface area contributed by atoms with Crippen LogP contribution in [0, 0.1) is 5.92 Å². The number of aliphatic hydroxyl groups is 2. The monoisotopic (exact) mass is 601 g/mol. The van der Waals surface area contributed by atoms with Crippen LogP contribution in [-0.4, -0.2) is 52.0 Å². The molecular formula is C37H35N3O5. The molecule has 0 aromatic heterocycles. The number of benzene rings is 4. The Hall–Kier alpha value is -4.79. The largest absolute Gasteiger partial charge is 0.394 e. The van der Waals surface area contributed by atoms with Crippen LogP contribution in [0.15, 0.2) is 97.1 Å². The Kier molecular flexibility index (Phi) is 7.26. The topological polar surface area (TPSA) is 101 Å². The highest BCUT2D eigenvalue weighted by Crippen LogP contribution is 2.49. The van der Waals surface area contributed by atoms with Crippen molar-refractivity contribution in [3.05, 3.63) is 114 Å². The summed E-state index contributed by atoms with van der Waals surface area (Å²) in [5, 5.41) is 23.8. The van der Waals surface area contributed by atoms with E-state index in [1.807, 2.05) is 78.9 Å². The van der Waals surface area contributed by atoms with Crippen molar-refractivity contribution in [2.45, 2.75) is 44.4 Å². The second-order valence-corrected chi connectivity index (χ2v) is 12.2. The van der Waals surface area contributed by atoms with Crippen LogP contribution in [0.5, 0.6) is 0 Å². The quantitative estimate of drug-likeness (QED) is 0.262. The van der Waals surface area contributed by atoms with Crippen molar-refractivity contribution in [3.8, 4) is 0 Å². The lowest BCUT2D eigenvalue weighted by molar-refractivity contribution is -0.139. The number of carbonyl (C=O) groups is 3. The number of rotatable bonds is 8. The minimum atomic E-state index is -1.93. The highest BCUT2D eigenvalue weighted by molar-refractivity contribution is 6.28. The molecule has 7 rings (SSSR count). The summed E-state index contributed by atoms with van der Waals surface area (Å²) < 4.78 is 0. The van der Waals surface area contributed by atoms with Crippen molar-refractivity contribution in [1.29, 1.82) is 0 Å². The molecule has 0 saturated carbocycles. The predicted molar refractivity (Wildman–Crippen MR) is 173 cm³/mol. The third-order valence-electron chi connectivity index (χ3n) is 9.54. The van der Waals surface area contributed by atoms with Gasteiger partial charge in [0.25, 0.3) is 11.8 Å². The molecule has 8 heteroatoms. The van der Waals surface area contributed by atoms with E-state index in [4.69, 9.17) is 0 Å². The van der Waals surface area contributed by atoms with Crippen molar-refractivity contribution < 1.29 is 24.6 Å². The second-order valence-electron chi connectivity index (χ2n) is 12.2. The zero-order valence-corrected chi connectivity index (χ0v) is 25.1. The van der Waals surface area contributed by atoms with Crippen LogP contribution in [0.25, 0.3) is 10.8 Å². The smallest absolute Gasteiger partial charge is 0.264 e. The predicted octanol–water partition coefficient (Wildman–Crippen LogP) is 5.43. The first-order chi connectivity index (χ1) is 21.8. The van der Waals surface area contributed by atoms with Crippen LogP contribution in [-0.2, 0) is 21.7 Å². The van der Waals surface area contributed by atoms with E-state index in [2.05, 4.69) is 0 Å². The second kappa shape index (κ2) is 11.3. The fourth-order valence-corrected chi connectivity index (χ4v) is 7.15. The molecule has 0 aliphatic carbocycles. The van der Waals surface area contributed by atoms with Crippen molar-refractivity contribution in [1.82, 2.24) is 4.90 Å². The molecule has 3 aliphatic rings. The van der Waals surface area contributed by atoms with Gasteiger partial charge in [0, 0.05) is 35.5 Å². The standard InChI is InChI=1S/C37H35N3O5/c1-24(9-5-17-33(42)38-20-8-14-28(38)23-41)37(45)30-21-27(18-19-31(30)39(36(37)44)22-25-10-3-2-4-11-25)40-32-16-7-13-26-12-6-15-29(34(26)32)35(40)43/h2-7,9-13,15-16,18-19,21,24,28,41,45H,8,14,17,20,22-23H2,1H3/b9-5+/t24-,28-,37+/m0/s1. The van der Waals surface area contributed by atoms with Crippen LogP contribution in [0.1, 0.15) is 47.7 Å². The van der Waals surface area contributed by atoms with E-state index in [1.165, 1.54) is 0 Å². The molecule has 0 radical (unpaired) electrons. The number of hydrogen-bond donors (Lipinski definition) is 2. The van der Waals surface area contributed by atoms with Gasteiger partial charge in [0.15, 0.2) is 5.60 Å². The molecule has 0 bridgehead atoms. The molecule has 3 heterocycles. The molecule has 2 N–H and O–H groups in total. The number of likely N-dealkylation sites (tertiary alicyclic amines) is 1. The molecule has 228 valence electrons. The zero-order valence-electron chi connectivity index (χ0n) is 25.1. The Morgan fingerprint density at radius 2 is 1.78 bits per heavy atom. The minimum absolute atomic E-state index is 0.0599. The summed E-state index contributed by atoms with van der Waals surface area (Å²) in [5.74, 6) is -1.39. The number of anilines is 3. The lowest BCUT2D eigenvalue weighted by Crippen LogP contribution is -2.44. The van der Waals surface area contributed by atoms with Crippen molar-refractivity contribution in [2.75, 3.05) is 23.0 Å². The number of fused-ring (bicyclic) bond motifs is 1. The van der Waals surface area contributed by atoms with Crippen LogP contribution in [0.2, 0.25) is 0 Å². The molecule has 8 nitrogen and oxygen atoms in total. The Labute approximate surface area is 261 Å². The number of aliphatic hydroxyl groups excluding tert-OH is 1. The first-order valence-electron chi connectivity index (χ1n) is 15.5. The Morgan fingerprint density at radius 3 is 2.56 bits per heavy atom. The molecule has 4 aromatic rings. The van der Waals surface area contributed by atoms with Gasteiger partial charge in [-0.05, 0) is 54.1 Å². The van der Waals surface area contributed by atoms with Crippen LogP contribution >= 0.6 is 0 Å². The molecule has 1 saturated heterocycles. The minimum Gasteiger partial charge on any atom is -0.394 e. The van der Waals surface area contributed by atoms with Crippen LogP contribution < -0.4 is 9.80 Å². The Bertz CT molecular complexity index is 1850. The van der Waals surface area contributed by atoms with Gasteiger partial charge in [-0.3, -0.25) is 19.3 Å². The fourth-order valence-electron chi connectivity index (χ4n) is 7.15. The van der Waals surface area contributed by atoms with E-state index >= 15 is 0 Å². The van der Waals surface area contributed by atoms with Gasteiger partial charge in [-0.25, -0.2) is 0 Å². The number of amides is 3. The summed E-state index contributed by atoms with van der Waals surface area (Å²) in [7, 11) is 0. The molecular weight excluding hydrogens is 566 g/mol. The van der Waals surface area contributed by atoms with Gasteiger partial charge < -0.3 is 20.0 Å². The highest BCUT2D eigenvalue weighted by Gasteiger charge is 2.53. The lowest BCUT2D eigenvalue weighted by Gasteiger charge is -2.28. The van der Waals surface area contributed by atoms with Gasteiger partial charge in [0.1, 0.15) is 0 Å². The molecule has 1 fully saturated rings. The Morgan fingerprint density at radius 1 is 1.00 bits per heavy atom. The first-order valence-corrected chi connectivity index (χ1v) is 15.5. The fraction of sp³-hybridized carbons (Fsp3) is 0.270. The number of hydrogen-bond acceptors (Lipinski definition) is 5. The lowest BCUT2D eigenvalue weighted by atomic mass is 9.82. The van der Waals surface area contributed by atoms with Gasteiger partial charge >= 0.3 is 0 Å². The van der Waals surface area contributed by atoms with E-state index < -0.39 is 17.4 Å². The van der Waals surface area contributed by atoms with Crippen LogP contribution in [0.3, 0.4) is 0 Å². The van der Waals surface area contributed by atoms with E-state index in [0.29, 0.717) is 29.0 Å². The van der Waals surface area contributed by atoms with Gasteiger partial charge in [0.05, 0.1) is 36.1 Å². The summed E-state index contributed by atoms with van der Waals surface area (Å²) in [5.41, 5.74) is 1.92. The average molecular weight is 602 g/mol.